The maximum atomic E-state index is 11.4. The van der Waals surface area contributed by atoms with Crippen LogP contribution >= 0.6 is 0 Å². The molecule has 0 radical (unpaired) electrons. The lowest BCUT2D eigenvalue weighted by atomic mass is 10.2. The first-order chi connectivity index (χ1) is 9.15. The molecule has 1 aromatic carbocycles. The third-order valence-electron chi connectivity index (χ3n) is 2.39. The first kappa shape index (κ1) is 12.6. The molecule has 0 bridgehead atoms. The number of anilines is 1. The molecule has 0 aliphatic rings. The molecule has 0 spiro atoms. The van der Waals surface area contributed by atoms with Crippen molar-refractivity contribution >= 4 is 17.6 Å². The van der Waals surface area contributed by atoms with Gasteiger partial charge in [0.1, 0.15) is 0 Å². The number of nitrogens with zero attached hydrogens (tertiary/aromatic N) is 1. The molecule has 0 atom stereocenters. The zero-order valence-electron chi connectivity index (χ0n) is 9.98. The SMILES string of the molecule is O=C(O)/C=C/C(=O)Nc1cccc(-n2cccc2)c1. The molecule has 0 aliphatic carbocycles. The highest BCUT2D eigenvalue weighted by Gasteiger charge is 2.01. The summed E-state index contributed by atoms with van der Waals surface area (Å²) in [5.74, 6) is -1.64. The summed E-state index contributed by atoms with van der Waals surface area (Å²) < 4.78 is 1.91. The van der Waals surface area contributed by atoms with Crippen LogP contribution in [0.2, 0.25) is 0 Å². The number of hydrogen-bond acceptors (Lipinski definition) is 2. The van der Waals surface area contributed by atoms with E-state index in [1.807, 2.05) is 41.2 Å². The minimum atomic E-state index is -1.16. The molecular weight excluding hydrogens is 244 g/mol. The van der Waals surface area contributed by atoms with Gasteiger partial charge in [-0.15, -0.1) is 0 Å². The third-order valence-corrected chi connectivity index (χ3v) is 2.39. The Balaban J connectivity index is 2.12. The number of hydrogen-bond donors (Lipinski definition) is 2. The highest BCUT2D eigenvalue weighted by atomic mass is 16.4. The van der Waals surface area contributed by atoms with Crippen LogP contribution < -0.4 is 5.32 Å². The molecule has 5 heteroatoms. The van der Waals surface area contributed by atoms with Gasteiger partial charge in [0, 0.05) is 35.9 Å². The Kier molecular flexibility index (Phi) is 3.78. The highest BCUT2D eigenvalue weighted by Crippen LogP contribution is 2.14. The van der Waals surface area contributed by atoms with Gasteiger partial charge in [0.25, 0.3) is 0 Å². The number of carbonyl (C=O) groups excluding carboxylic acids is 1. The molecule has 2 aromatic rings. The van der Waals surface area contributed by atoms with Crippen molar-refractivity contribution in [2.24, 2.45) is 0 Å². The van der Waals surface area contributed by atoms with Crippen molar-refractivity contribution in [3.63, 3.8) is 0 Å². The average molecular weight is 256 g/mol. The Bertz CT molecular complexity index is 615. The Morgan fingerprint density at radius 3 is 2.53 bits per heavy atom. The van der Waals surface area contributed by atoms with Gasteiger partial charge in [-0.05, 0) is 30.3 Å². The molecule has 96 valence electrons. The van der Waals surface area contributed by atoms with Gasteiger partial charge >= 0.3 is 5.97 Å². The van der Waals surface area contributed by atoms with Crippen molar-refractivity contribution in [1.82, 2.24) is 4.57 Å². The van der Waals surface area contributed by atoms with Crippen LogP contribution in [0.4, 0.5) is 5.69 Å². The summed E-state index contributed by atoms with van der Waals surface area (Å²) in [5.41, 5.74) is 1.51. The molecule has 0 saturated carbocycles. The van der Waals surface area contributed by atoms with Gasteiger partial charge in [0.2, 0.25) is 5.91 Å². The van der Waals surface area contributed by atoms with E-state index >= 15 is 0 Å². The molecule has 0 aliphatic heterocycles. The number of nitrogens with one attached hydrogen (secondary N) is 1. The zero-order chi connectivity index (χ0) is 13.7. The molecule has 1 amide bonds. The third kappa shape index (κ3) is 3.57. The van der Waals surface area contributed by atoms with Crippen molar-refractivity contribution in [2.45, 2.75) is 0 Å². The van der Waals surface area contributed by atoms with E-state index in [9.17, 15) is 9.59 Å². The second-order valence-corrected chi connectivity index (χ2v) is 3.80. The predicted molar refractivity (Wildman–Crippen MR) is 71.2 cm³/mol. The molecule has 19 heavy (non-hydrogen) atoms. The number of aromatic nitrogens is 1. The van der Waals surface area contributed by atoms with Crippen LogP contribution in [0.1, 0.15) is 0 Å². The molecule has 0 fully saturated rings. The average Bonchev–Trinajstić information content (AvgIpc) is 2.90. The maximum absolute atomic E-state index is 11.4. The van der Waals surface area contributed by atoms with Gasteiger partial charge in [-0.2, -0.15) is 0 Å². The van der Waals surface area contributed by atoms with Crippen molar-refractivity contribution < 1.29 is 14.7 Å². The number of carboxylic acids is 1. The minimum absolute atomic E-state index is 0.480. The molecule has 0 unspecified atom stereocenters. The summed E-state index contributed by atoms with van der Waals surface area (Å²) in [6, 6.07) is 11.1. The minimum Gasteiger partial charge on any atom is -0.478 e. The number of amides is 1. The summed E-state index contributed by atoms with van der Waals surface area (Å²) in [5, 5.41) is 11.0. The normalized spacial score (nSPS) is 10.5. The van der Waals surface area contributed by atoms with Crippen LogP contribution in [0.5, 0.6) is 0 Å². The van der Waals surface area contributed by atoms with E-state index in [2.05, 4.69) is 5.32 Å². The number of carboxylic acid groups (broad SMARTS) is 1. The van der Waals surface area contributed by atoms with Crippen LogP contribution in [0.25, 0.3) is 5.69 Å². The smallest absolute Gasteiger partial charge is 0.328 e. The van der Waals surface area contributed by atoms with E-state index in [-0.39, 0.29) is 0 Å². The molecule has 2 N–H and O–H groups in total. The van der Waals surface area contributed by atoms with Gasteiger partial charge in [-0.1, -0.05) is 6.07 Å². The van der Waals surface area contributed by atoms with E-state index < -0.39 is 11.9 Å². The first-order valence-electron chi connectivity index (χ1n) is 5.60. The Morgan fingerprint density at radius 1 is 1.11 bits per heavy atom. The van der Waals surface area contributed by atoms with Crippen molar-refractivity contribution in [3.8, 4) is 5.69 Å². The number of benzene rings is 1. The Hall–Kier alpha value is -2.82. The van der Waals surface area contributed by atoms with E-state index in [1.54, 1.807) is 12.1 Å². The topological polar surface area (TPSA) is 71.3 Å². The maximum Gasteiger partial charge on any atom is 0.328 e. The van der Waals surface area contributed by atoms with Gasteiger partial charge in [-0.25, -0.2) is 4.79 Å². The number of aliphatic carboxylic acids is 1. The van der Waals surface area contributed by atoms with E-state index in [4.69, 9.17) is 5.11 Å². The summed E-state index contributed by atoms with van der Waals surface area (Å²) in [6.07, 6.45) is 5.56. The lowest BCUT2D eigenvalue weighted by Gasteiger charge is -2.06. The molecular formula is C14H12N2O3. The van der Waals surface area contributed by atoms with Gasteiger partial charge < -0.3 is 15.0 Å². The standard InChI is InChI=1S/C14H12N2O3/c17-13(6-7-14(18)19)15-11-4-3-5-12(10-11)16-8-1-2-9-16/h1-10H,(H,15,17)(H,18,19)/b7-6+. The fraction of sp³-hybridized carbons (Fsp3) is 0. The van der Waals surface area contributed by atoms with Crippen molar-refractivity contribution in [1.29, 1.82) is 0 Å². The van der Waals surface area contributed by atoms with Gasteiger partial charge in [0.05, 0.1) is 0 Å². The van der Waals surface area contributed by atoms with E-state index in [0.717, 1.165) is 17.8 Å². The highest BCUT2D eigenvalue weighted by molar-refractivity contribution is 6.02. The van der Waals surface area contributed by atoms with Crippen LogP contribution in [0.15, 0.2) is 60.9 Å². The summed E-state index contributed by atoms with van der Waals surface area (Å²) in [4.78, 5) is 21.7. The molecule has 1 heterocycles. The lowest BCUT2D eigenvalue weighted by molar-refractivity contribution is -0.131. The van der Waals surface area contributed by atoms with Gasteiger partial charge in [0.15, 0.2) is 0 Å². The van der Waals surface area contributed by atoms with Crippen LogP contribution in [0, 0.1) is 0 Å². The summed E-state index contributed by atoms with van der Waals surface area (Å²) in [7, 11) is 0. The number of carbonyl (C=O) groups is 2. The Morgan fingerprint density at radius 2 is 1.84 bits per heavy atom. The van der Waals surface area contributed by atoms with Crippen molar-refractivity contribution in [3.05, 3.63) is 60.9 Å². The molecule has 2 rings (SSSR count). The van der Waals surface area contributed by atoms with E-state index in [0.29, 0.717) is 5.69 Å². The van der Waals surface area contributed by atoms with Crippen LogP contribution in [-0.2, 0) is 9.59 Å². The van der Waals surface area contributed by atoms with E-state index in [1.165, 1.54) is 0 Å². The Labute approximate surface area is 109 Å². The summed E-state index contributed by atoms with van der Waals surface area (Å²) >= 11 is 0. The van der Waals surface area contributed by atoms with Crippen molar-refractivity contribution in [2.75, 3.05) is 5.32 Å². The van der Waals surface area contributed by atoms with Crippen LogP contribution in [0.3, 0.4) is 0 Å². The van der Waals surface area contributed by atoms with Gasteiger partial charge in [-0.3, -0.25) is 4.79 Å². The fourth-order valence-electron chi connectivity index (χ4n) is 1.58. The monoisotopic (exact) mass is 256 g/mol. The second kappa shape index (κ2) is 5.68. The predicted octanol–water partition coefficient (Wildman–Crippen LogP) is 2.06. The fourth-order valence-corrected chi connectivity index (χ4v) is 1.58. The number of rotatable bonds is 4. The zero-order valence-corrected chi connectivity index (χ0v) is 9.98. The molecule has 0 saturated heterocycles. The summed E-state index contributed by atoms with van der Waals surface area (Å²) in [6.45, 7) is 0. The first-order valence-corrected chi connectivity index (χ1v) is 5.60. The lowest BCUT2D eigenvalue weighted by Crippen LogP contribution is -2.09. The molecule has 5 nitrogen and oxygen atoms in total. The van der Waals surface area contributed by atoms with Crippen LogP contribution in [-0.4, -0.2) is 21.6 Å². The molecule has 1 aromatic heterocycles. The second-order valence-electron chi connectivity index (χ2n) is 3.80. The quantitative estimate of drug-likeness (QED) is 0.822. The largest absolute Gasteiger partial charge is 0.478 e.